The molecule has 0 atom stereocenters. The van der Waals surface area contributed by atoms with Crippen LogP contribution in [0.4, 0.5) is 5.00 Å². The third kappa shape index (κ3) is 2.47. The van der Waals surface area contributed by atoms with Crippen LogP contribution in [0.1, 0.15) is 12.6 Å². The van der Waals surface area contributed by atoms with Gasteiger partial charge in [-0.05, 0) is 31.4 Å². The molecule has 0 aliphatic heterocycles. The molecule has 1 aromatic heterocycles. The van der Waals surface area contributed by atoms with Gasteiger partial charge in [0.2, 0.25) is 0 Å². The predicted molar refractivity (Wildman–Crippen MR) is 50.3 cm³/mol. The molecule has 4 heteroatoms. The number of nitrogens with one attached hydrogen (secondary N) is 1. The van der Waals surface area contributed by atoms with Gasteiger partial charge in [-0.25, -0.2) is 0 Å². The van der Waals surface area contributed by atoms with Crippen LogP contribution in [-0.2, 0) is 4.79 Å². The maximum atomic E-state index is 10.2. The molecule has 0 radical (unpaired) electrons. The van der Waals surface area contributed by atoms with Crippen molar-refractivity contribution in [2.45, 2.75) is 13.8 Å². The maximum absolute atomic E-state index is 10.2. The van der Waals surface area contributed by atoms with Crippen LogP contribution in [0.2, 0.25) is 0 Å². The Balaban J connectivity index is 2.59. The van der Waals surface area contributed by atoms with Crippen molar-refractivity contribution in [3.63, 3.8) is 0 Å². The van der Waals surface area contributed by atoms with Gasteiger partial charge in [-0.1, -0.05) is 0 Å². The Kier molecular flexibility index (Phi) is 2.99. The van der Waals surface area contributed by atoms with Gasteiger partial charge in [-0.15, -0.1) is 0 Å². The molecule has 1 rings (SSSR count). The molecular weight excluding hydrogens is 172 g/mol. The lowest BCUT2D eigenvalue weighted by atomic mass is 10.4. The Hall–Kier alpha value is -1.16. The number of carbonyl (C=O) groups excluding carboxylic acids is 1. The number of nitrogens with zero attached hydrogens (tertiary/aromatic N) is 1. The van der Waals surface area contributed by atoms with Crippen molar-refractivity contribution in [3.05, 3.63) is 23.5 Å². The first-order valence-corrected chi connectivity index (χ1v) is 4.31. The minimum atomic E-state index is 0.668. The number of hydrogen-bond acceptors (Lipinski definition) is 4. The van der Waals surface area contributed by atoms with Crippen LogP contribution in [0.3, 0.4) is 0 Å². The van der Waals surface area contributed by atoms with Crippen molar-refractivity contribution < 1.29 is 4.79 Å². The molecule has 0 amide bonds. The highest BCUT2D eigenvalue weighted by Gasteiger charge is 1.93. The predicted octanol–water partition coefficient (Wildman–Crippen LogP) is 1.97. The Labute approximate surface area is 75.3 Å². The number of anilines is 1. The highest BCUT2D eigenvalue weighted by Crippen LogP contribution is 2.15. The lowest BCUT2D eigenvalue weighted by Gasteiger charge is -1.92. The van der Waals surface area contributed by atoms with E-state index in [0.717, 1.165) is 17.0 Å². The van der Waals surface area contributed by atoms with Gasteiger partial charge in [-0.2, -0.15) is 4.37 Å². The highest BCUT2D eigenvalue weighted by molar-refractivity contribution is 7.10. The summed E-state index contributed by atoms with van der Waals surface area (Å²) in [6.45, 7) is 3.67. The van der Waals surface area contributed by atoms with Crippen molar-refractivity contribution in [2.24, 2.45) is 0 Å². The van der Waals surface area contributed by atoms with E-state index in [1.165, 1.54) is 11.5 Å². The van der Waals surface area contributed by atoms with Crippen LogP contribution in [0.15, 0.2) is 17.8 Å². The number of aromatic nitrogens is 1. The standard InChI is InChI=1S/C8H10N2OS/c1-6(5-11)4-9-8-3-7(2)10-12-8/h3-5,9H,1-2H3/b6-4+. The molecular formula is C8H10N2OS. The number of rotatable bonds is 3. The molecule has 64 valence electrons. The molecule has 0 spiro atoms. The van der Waals surface area contributed by atoms with Crippen molar-refractivity contribution in [2.75, 3.05) is 5.32 Å². The average molecular weight is 182 g/mol. The van der Waals surface area contributed by atoms with E-state index in [2.05, 4.69) is 9.69 Å². The molecule has 0 aliphatic carbocycles. The van der Waals surface area contributed by atoms with E-state index in [0.29, 0.717) is 5.57 Å². The van der Waals surface area contributed by atoms with Crippen LogP contribution >= 0.6 is 11.5 Å². The molecule has 0 fully saturated rings. The Morgan fingerprint density at radius 3 is 3.00 bits per heavy atom. The minimum absolute atomic E-state index is 0.668. The normalized spacial score (nSPS) is 11.3. The molecule has 0 bridgehead atoms. The van der Waals surface area contributed by atoms with Crippen LogP contribution in [0.25, 0.3) is 0 Å². The largest absolute Gasteiger partial charge is 0.352 e. The zero-order valence-electron chi connectivity index (χ0n) is 7.00. The molecule has 0 unspecified atom stereocenters. The molecule has 1 aromatic rings. The van der Waals surface area contributed by atoms with Gasteiger partial charge in [0.1, 0.15) is 11.3 Å². The fraction of sp³-hybridized carbons (Fsp3) is 0.250. The smallest absolute Gasteiger partial charge is 0.147 e. The summed E-state index contributed by atoms with van der Waals surface area (Å²) in [6.07, 6.45) is 2.47. The van der Waals surface area contributed by atoms with E-state index in [9.17, 15) is 4.79 Å². The highest BCUT2D eigenvalue weighted by atomic mass is 32.1. The summed E-state index contributed by atoms with van der Waals surface area (Å²) < 4.78 is 4.08. The van der Waals surface area contributed by atoms with Gasteiger partial charge < -0.3 is 5.32 Å². The lowest BCUT2D eigenvalue weighted by Crippen LogP contribution is -1.87. The Morgan fingerprint density at radius 1 is 1.75 bits per heavy atom. The number of hydrogen-bond donors (Lipinski definition) is 1. The van der Waals surface area contributed by atoms with E-state index >= 15 is 0 Å². The molecule has 0 saturated carbocycles. The summed E-state index contributed by atoms with van der Waals surface area (Å²) in [5, 5.41) is 3.93. The summed E-state index contributed by atoms with van der Waals surface area (Å²) in [5.41, 5.74) is 1.65. The zero-order valence-corrected chi connectivity index (χ0v) is 7.81. The molecule has 12 heavy (non-hydrogen) atoms. The second-order valence-corrected chi connectivity index (χ2v) is 3.29. The average Bonchev–Trinajstić information content (AvgIpc) is 2.47. The van der Waals surface area contributed by atoms with Crippen LogP contribution in [0, 0.1) is 6.92 Å². The van der Waals surface area contributed by atoms with Crippen molar-refractivity contribution in [1.29, 1.82) is 0 Å². The van der Waals surface area contributed by atoms with Crippen LogP contribution in [-0.4, -0.2) is 10.7 Å². The first kappa shape index (κ1) is 8.93. The molecule has 0 saturated heterocycles. The van der Waals surface area contributed by atoms with E-state index in [4.69, 9.17) is 0 Å². The maximum Gasteiger partial charge on any atom is 0.147 e. The van der Waals surface area contributed by atoms with Gasteiger partial charge in [0.05, 0.1) is 5.69 Å². The summed E-state index contributed by atoms with van der Waals surface area (Å²) in [4.78, 5) is 10.2. The molecule has 1 heterocycles. The third-order valence-corrected chi connectivity index (χ3v) is 2.07. The number of carbonyl (C=O) groups is 1. The quantitative estimate of drug-likeness (QED) is 0.574. The van der Waals surface area contributed by atoms with Crippen molar-refractivity contribution >= 4 is 22.8 Å². The zero-order chi connectivity index (χ0) is 8.97. The second kappa shape index (κ2) is 4.01. The summed E-state index contributed by atoms with van der Waals surface area (Å²) in [6, 6.07) is 1.93. The molecule has 0 aliphatic rings. The number of aryl methyl sites for hydroxylation is 1. The SMILES string of the molecule is C/C(C=O)=C\Nc1cc(C)ns1. The van der Waals surface area contributed by atoms with Gasteiger partial charge >= 0.3 is 0 Å². The molecule has 3 nitrogen and oxygen atoms in total. The third-order valence-electron chi connectivity index (χ3n) is 1.26. The van der Waals surface area contributed by atoms with E-state index in [1.54, 1.807) is 13.1 Å². The van der Waals surface area contributed by atoms with E-state index < -0.39 is 0 Å². The first-order valence-electron chi connectivity index (χ1n) is 3.54. The van der Waals surface area contributed by atoms with Gasteiger partial charge in [0.15, 0.2) is 0 Å². The van der Waals surface area contributed by atoms with E-state index in [-0.39, 0.29) is 0 Å². The van der Waals surface area contributed by atoms with Crippen molar-refractivity contribution in [1.82, 2.24) is 4.37 Å². The van der Waals surface area contributed by atoms with Gasteiger partial charge in [-0.3, -0.25) is 4.79 Å². The Morgan fingerprint density at radius 2 is 2.50 bits per heavy atom. The summed E-state index contributed by atoms with van der Waals surface area (Å²) in [5.74, 6) is 0. The van der Waals surface area contributed by atoms with Crippen LogP contribution in [0.5, 0.6) is 0 Å². The molecule has 0 aromatic carbocycles. The Bertz CT molecular complexity index is 304. The lowest BCUT2D eigenvalue weighted by molar-refractivity contribution is -0.104. The fourth-order valence-corrected chi connectivity index (χ4v) is 1.28. The van der Waals surface area contributed by atoms with Crippen molar-refractivity contribution in [3.8, 4) is 0 Å². The van der Waals surface area contributed by atoms with Gasteiger partial charge in [0, 0.05) is 11.8 Å². The monoisotopic (exact) mass is 182 g/mol. The number of allylic oxidation sites excluding steroid dienone is 1. The molecule has 1 N–H and O–H groups in total. The number of aldehydes is 1. The van der Waals surface area contributed by atoms with Crippen LogP contribution < -0.4 is 5.32 Å². The first-order chi connectivity index (χ1) is 5.72. The summed E-state index contributed by atoms with van der Waals surface area (Å²) >= 11 is 1.38. The summed E-state index contributed by atoms with van der Waals surface area (Å²) in [7, 11) is 0. The topological polar surface area (TPSA) is 42.0 Å². The minimum Gasteiger partial charge on any atom is -0.352 e. The van der Waals surface area contributed by atoms with E-state index in [1.807, 2.05) is 13.0 Å². The fourth-order valence-electron chi connectivity index (χ4n) is 0.651. The van der Waals surface area contributed by atoms with Gasteiger partial charge in [0.25, 0.3) is 0 Å². The second-order valence-electron chi connectivity index (χ2n) is 2.48.